The van der Waals surface area contributed by atoms with E-state index in [-0.39, 0.29) is 18.8 Å². The van der Waals surface area contributed by atoms with Gasteiger partial charge in [-0.3, -0.25) is 0 Å². The van der Waals surface area contributed by atoms with E-state index in [4.69, 9.17) is 0 Å². The largest absolute Gasteiger partial charge is 0.338 e. The number of nitrogens with zero attached hydrogens (tertiary/aromatic N) is 2. The van der Waals surface area contributed by atoms with Gasteiger partial charge in [-0.2, -0.15) is 0 Å². The van der Waals surface area contributed by atoms with E-state index in [2.05, 4.69) is 10.3 Å². The fraction of sp³-hybridized carbons (Fsp3) is 0.769. The first-order valence-electron chi connectivity index (χ1n) is 6.61. The molecule has 0 bridgehead atoms. The highest BCUT2D eigenvalue weighted by Crippen LogP contribution is 2.36. The summed E-state index contributed by atoms with van der Waals surface area (Å²) in [5, 5.41) is 3.27. The number of hydrogen-bond donors (Lipinski definition) is 1. The summed E-state index contributed by atoms with van der Waals surface area (Å²) in [5.74, 6) is -1.30. The molecule has 3 nitrogen and oxygen atoms in total. The molecule has 0 amide bonds. The summed E-state index contributed by atoms with van der Waals surface area (Å²) < 4.78 is 28.4. The van der Waals surface area contributed by atoms with Crippen molar-refractivity contribution < 1.29 is 8.78 Å². The zero-order valence-electron chi connectivity index (χ0n) is 10.8. The van der Waals surface area contributed by atoms with E-state index in [1.807, 2.05) is 17.8 Å². The first-order valence-corrected chi connectivity index (χ1v) is 6.61. The van der Waals surface area contributed by atoms with Gasteiger partial charge in [-0.1, -0.05) is 0 Å². The maximum absolute atomic E-state index is 13.2. The highest BCUT2D eigenvalue weighted by molar-refractivity contribution is 4.91. The van der Waals surface area contributed by atoms with Crippen LogP contribution in [0.25, 0.3) is 0 Å². The quantitative estimate of drug-likeness (QED) is 0.821. The van der Waals surface area contributed by atoms with Gasteiger partial charge in [0.05, 0.1) is 0 Å². The van der Waals surface area contributed by atoms with Crippen LogP contribution in [-0.4, -0.2) is 28.6 Å². The molecular weight excluding hydrogens is 236 g/mol. The third kappa shape index (κ3) is 3.77. The van der Waals surface area contributed by atoms with Crippen LogP contribution < -0.4 is 5.32 Å². The number of alkyl halides is 2. The molecule has 0 saturated heterocycles. The third-order valence-electron chi connectivity index (χ3n) is 3.62. The molecule has 0 aliphatic heterocycles. The van der Waals surface area contributed by atoms with Crippen LogP contribution in [0.15, 0.2) is 12.4 Å². The molecule has 1 aromatic heterocycles. The number of nitrogens with one attached hydrogen (secondary N) is 1. The average molecular weight is 257 g/mol. The topological polar surface area (TPSA) is 29.9 Å². The van der Waals surface area contributed by atoms with E-state index in [0.717, 1.165) is 25.2 Å². The monoisotopic (exact) mass is 257 g/mol. The van der Waals surface area contributed by atoms with Crippen molar-refractivity contribution in [1.82, 2.24) is 14.9 Å². The van der Waals surface area contributed by atoms with Gasteiger partial charge in [0.2, 0.25) is 5.92 Å². The summed E-state index contributed by atoms with van der Waals surface area (Å²) in [6, 6.07) is 0. The first-order chi connectivity index (χ1) is 8.57. The molecule has 1 aromatic rings. The number of aryl methyl sites for hydroxylation is 1. The van der Waals surface area contributed by atoms with E-state index in [1.54, 1.807) is 6.20 Å². The van der Waals surface area contributed by atoms with Gasteiger partial charge in [0.15, 0.2) is 0 Å². The minimum atomic E-state index is -2.44. The van der Waals surface area contributed by atoms with Crippen LogP contribution in [0.4, 0.5) is 8.78 Å². The molecule has 1 heterocycles. The molecule has 102 valence electrons. The van der Waals surface area contributed by atoms with Crippen LogP contribution in [0.5, 0.6) is 0 Å². The normalized spacial score (nSPS) is 23.2. The molecule has 1 aliphatic carbocycles. The highest BCUT2D eigenvalue weighted by Gasteiger charge is 2.35. The number of rotatable bonds is 5. The Kier molecular flexibility index (Phi) is 4.32. The molecule has 2 rings (SSSR count). The summed E-state index contributed by atoms with van der Waals surface area (Å²) in [5.41, 5.74) is 0. The number of imidazole rings is 1. The van der Waals surface area contributed by atoms with Crippen molar-refractivity contribution in [3.8, 4) is 0 Å². The number of halogens is 2. The molecule has 0 radical (unpaired) electrons. The van der Waals surface area contributed by atoms with Crippen molar-refractivity contribution in [2.24, 2.45) is 13.0 Å². The second kappa shape index (κ2) is 5.78. The predicted octanol–water partition coefficient (Wildman–Crippen LogP) is 2.38. The Bertz CT molecular complexity index is 376. The Labute approximate surface area is 107 Å². The zero-order chi connectivity index (χ0) is 13.0. The SMILES string of the molecule is Cn1ccnc1CCNCC1CCCC(F)(F)C1. The molecule has 1 saturated carbocycles. The fourth-order valence-electron chi connectivity index (χ4n) is 2.59. The van der Waals surface area contributed by atoms with E-state index < -0.39 is 5.92 Å². The second-order valence-electron chi connectivity index (χ2n) is 5.23. The zero-order valence-corrected chi connectivity index (χ0v) is 10.8. The minimum Gasteiger partial charge on any atom is -0.338 e. The van der Waals surface area contributed by atoms with Crippen molar-refractivity contribution in [2.75, 3.05) is 13.1 Å². The Balaban J connectivity index is 1.65. The number of hydrogen-bond acceptors (Lipinski definition) is 2. The summed E-state index contributed by atoms with van der Waals surface area (Å²) in [4.78, 5) is 4.23. The minimum absolute atomic E-state index is 0.0441. The fourth-order valence-corrected chi connectivity index (χ4v) is 2.59. The summed E-state index contributed by atoms with van der Waals surface area (Å²) >= 11 is 0. The van der Waals surface area contributed by atoms with Gasteiger partial charge >= 0.3 is 0 Å². The van der Waals surface area contributed by atoms with Crippen molar-refractivity contribution in [2.45, 2.75) is 38.0 Å². The summed E-state index contributed by atoms with van der Waals surface area (Å²) in [7, 11) is 1.96. The predicted molar refractivity (Wildman–Crippen MR) is 66.7 cm³/mol. The molecule has 0 aromatic carbocycles. The summed E-state index contributed by atoms with van der Waals surface area (Å²) in [6.07, 6.45) is 6.21. The molecular formula is C13H21F2N3. The second-order valence-corrected chi connectivity index (χ2v) is 5.23. The maximum Gasteiger partial charge on any atom is 0.248 e. The average Bonchev–Trinajstić information content (AvgIpc) is 2.69. The Hall–Kier alpha value is -0.970. The lowest BCUT2D eigenvalue weighted by atomic mass is 9.86. The molecule has 5 heteroatoms. The van der Waals surface area contributed by atoms with Gasteiger partial charge in [-0.05, 0) is 25.3 Å². The van der Waals surface area contributed by atoms with Crippen molar-refractivity contribution in [3.05, 3.63) is 18.2 Å². The van der Waals surface area contributed by atoms with E-state index in [0.29, 0.717) is 13.0 Å². The van der Waals surface area contributed by atoms with Crippen molar-refractivity contribution in [3.63, 3.8) is 0 Å². The van der Waals surface area contributed by atoms with E-state index in [1.165, 1.54) is 0 Å². The molecule has 1 aliphatic rings. The van der Waals surface area contributed by atoms with Crippen LogP contribution in [0.3, 0.4) is 0 Å². The standard InChI is InChI=1S/C13H21F2N3/c1-18-8-7-17-12(18)4-6-16-10-11-3-2-5-13(14,15)9-11/h7-8,11,16H,2-6,9-10H2,1H3. The van der Waals surface area contributed by atoms with Crippen molar-refractivity contribution in [1.29, 1.82) is 0 Å². The van der Waals surface area contributed by atoms with Gasteiger partial charge in [0.1, 0.15) is 5.82 Å². The summed E-state index contributed by atoms with van der Waals surface area (Å²) in [6.45, 7) is 1.49. The number of aromatic nitrogens is 2. The van der Waals surface area contributed by atoms with Gasteiger partial charge in [-0.15, -0.1) is 0 Å². The molecule has 1 N–H and O–H groups in total. The maximum atomic E-state index is 13.2. The van der Waals surface area contributed by atoms with Crippen LogP contribution >= 0.6 is 0 Å². The van der Waals surface area contributed by atoms with Crippen LogP contribution in [0, 0.1) is 5.92 Å². The lowest BCUT2D eigenvalue weighted by Gasteiger charge is -2.28. The molecule has 1 unspecified atom stereocenters. The highest BCUT2D eigenvalue weighted by atomic mass is 19.3. The molecule has 1 atom stereocenters. The van der Waals surface area contributed by atoms with E-state index in [9.17, 15) is 8.78 Å². The van der Waals surface area contributed by atoms with E-state index >= 15 is 0 Å². The molecule has 18 heavy (non-hydrogen) atoms. The lowest BCUT2D eigenvalue weighted by molar-refractivity contribution is -0.0519. The van der Waals surface area contributed by atoms with Gasteiger partial charge in [-0.25, -0.2) is 13.8 Å². The Morgan fingerprint density at radius 2 is 2.39 bits per heavy atom. The van der Waals surface area contributed by atoms with Crippen LogP contribution in [0.1, 0.15) is 31.5 Å². The lowest BCUT2D eigenvalue weighted by Crippen LogP contribution is -2.33. The Morgan fingerprint density at radius 3 is 3.06 bits per heavy atom. The smallest absolute Gasteiger partial charge is 0.248 e. The molecule has 1 fully saturated rings. The van der Waals surface area contributed by atoms with Gasteiger partial charge in [0, 0.05) is 45.2 Å². The Morgan fingerprint density at radius 1 is 1.56 bits per heavy atom. The van der Waals surface area contributed by atoms with Gasteiger partial charge in [0.25, 0.3) is 0 Å². The van der Waals surface area contributed by atoms with Crippen LogP contribution in [0.2, 0.25) is 0 Å². The first kappa shape index (κ1) is 13.5. The van der Waals surface area contributed by atoms with Crippen LogP contribution in [-0.2, 0) is 13.5 Å². The van der Waals surface area contributed by atoms with Gasteiger partial charge < -0.3 is 9.88 Å². The molecule has 0 spiro atoms. The third-order valence-corrected chi connectivity index (χ3v) is 3.62. The van der Waals surface area contributed by atoms with Crippen molar-refractivity contribution >= 4 is 0 Å².